The third-order valence-electron chi connectivity index (χ3n) is 3.92. The second-order valence-corrected chi connectivity index (χ2v) is 7.68. The van der Waals surface area contributed by atoms with Gasteiger partial charge in [-0.05, 0) is 29.2 Å². The molecule has 0 saturated carbocycles. The van der Waals surface area contributed by atoms with Gasteiger partial charge in [0, 0.05) is 12.0 Å². The van der Waals surface area contributed by atoms with Gasteiger partial charge in [0.15, 0.2) is 0 Å². The maximum Gasteiger partial charge on any atom is 0.238 e. The Labute approximate surface area is 138 Å². The lowest BCUT2D eigenvalue weighted by Gasteiger charge is -2.07. The molecule has 0 fully saturated rings. The van der Waals surface area contributed by atoms with Gasteiger partial charge in [-0.3, -0.25) is 0 Å². The van der Waals surface area contributed by atoms with E-state index in [1.54, 1.807) is 12.1 Å². The van der Waals surface area contributed by atoms with Gasteiger partial charge in [-0.25, -0.2) is 13.6 Å². The van der Waals surface area contributed by atoms with Gasteiger partial charge in [0.25, 0.3) is 0 Å². The van der Waals surface area contributed by atoms with Crippen LogP contribution in [-0.4, -0.2) is 15.0 Å². The van der Waals surface area contributed by atoms with E-state index in [0.717, 1.165) is 25.1 Å². The van der Waals surface area contributed by atoms with Crippen LogP contribution >= 0.6 is 0 Å². The fraction of sp³-hybridized carbons (Fsp3) is 0.333. The molecule has 0 aliphatic rings. The summed E-state index contributed by atoms with van der Waals surface area (Å²) >= 11 is 0. The summed E-state index contributed by atoms with van der Waals surface area (Å²) in [6, 6.07) is 15.5. The van der Waals surface area contributed by atoms with Gasteiger partial charge in [0.2, 0.25) is 10.0 Å². The van der Waals surface area contributed by atoms with Crippen LogP contribution in [0.1, 0.15) is 36.5 Å². The number of hydrogen-bond donors (Lipinski definition) is 2. The highest BCUT2D eigenvalue weighted by molar-refractivity contribution is 7.89. The summed E-state index contributed by atoms with van der Waals surface area (Å²) in [4.78, 5) is 0.162. The van der Waals surface area contributed by atoms with Crippen molar-refractivity contribution in [1.29, 1.82) is 0 Å². The lowest BCUT2D eigenvalue weighted by Crippen LogP contribution is -2.83. The molecule has 0 amide bonds. The summed E-state index contributed by atoms with van der Waals surface area (Å²) in [7, 11) is -3.60. The number of rotatable bonds is 7. The van der Waals surface area contributed by atoms with Crippen molar-refractivity contribution in [2.45, 2.75) is 37.6 Å². The molecule has 0 aliphatic heterocycles. The average Bonchev–Trinajstić information content (AvgIpc) is 2.51. The first-order valence-electron chi connectivity index (χ1n) is 7.88. The molecule has 0 unspecified atom stereocenters. The molecule has 0 saturated heterocycles. The molecule has 0 aromatic heterocycles. The molecule has 124 valence electrons. The molecule has 4 nitrogen and oxygen atoms in total. The zero-order chi connectivity index (χ0) is 16.9. The van der Waals surface area contributed by atoms with Crippen LogP contribution < -0.4 is 10.5 Å². The van der Waals surface area contributed by atoms with Crippen molar-refractivity contribution in [3.63, 3.8) is 0 Å². The van der Waals surface area contributed by atoms with Crippen molar-refractivity contribution >= 4 is 10.0 Å². The zero-order valence-electron chi connectivity index (χ0n) is 13.7. The molecule has 0 spiro atoms. The van der Waals surface area contributed by atoms with E-state index in [1.165, 1.54) is 11.1 Å². The van der Waals surface area contributed by atoms with E-state index in [4.69, 9.17) is 5.14 Å². The second-order valence-electron chi connectivity index (χ2n) is 6.12. The van der Waals surface area contributed by atoms with E-state index >= 15 is 0 Å². The first kappa shape index (κ1) is 17.7. The SMILES string of the molecule is CC(C)c1ccc(C[NH2+]CCc2ccc(S(N)(=O)=O)cc2)cc1. The van der Waals surface area contributed by atoms with Gasteiger partial charge in [-0.15, -0.1) is 0 Å². The first-order chi connectivity index (χ1) is 10.9. The Balaban J connectivity index is 1.79. The smallest absolute Gasteiger partial charge is 0.238 e. The van der Waals surface area contributed by atoms with Gasteiger partial charge in [-0.1, -0.05) is 50.2 Å². The summed E-state index contributed by atoms with van der Waals surface area (Å²) in [5.41, 5.74) is 3.80. The van der Waals surface area contributed by atoms with Crippen molar-refractivity contribution in [3.8, 4) is 0 Å². The highest BCUT2D eigenvalue weighted by Crippen LogP contribution is 2.14. The number of sulfonamides is 1. The minimum absolute atomic E-state index is 0.162. The Bertz CT molecular complexity index is 721. The van der Waals surface area contributed by atoms with E-state index in [1.807, 2.05) is 12.1 Å². The number of quaternary nitrogens is 1. The van der Waals surface area contributed by atoms with Gasteiger partial charge in [-0.2, -0.15) is 0 Å². The third-order valence-corrected chi connectivity index (χ3v) is 4.84. The maximum atomic E-state index is 11.2. The van der Waals surface area contributed by atoms with Crippen molar-refractivity contribution in [2.24, 2.45) is 5.14 Å². The predicted octanol–water partition coefficient (Wildman–Crippen LogP) is 1.76. The molecule has 0 atom stereocenters. The maximum absolute atomic E-state index is 11.2. The Kier molecular flexibility index (Phi) is 5.93. The number of primary sulfonamides is 1. The number of hydrogen-bond acceptors (Lipinski definition) is 2. The molecule has 4 N–H and O–H groups in total. The molecule has 0 radical (unpaired) electrons. The Morgan fingerprint density at radius 1 is 0.957 bits per heavy atom. The van der Waals surface area contributed by atoms with Crippen LogP contribution in [0, 0.1) is 0 Å². The molecule has 23 heavy (non-hydrogen) atoms. The molecule has 5 heteroatoms. The molecule has 0 heterocycles. The minimum Gasteiger partial charge on any atom is -0.342 e. The summed E-state index contributed by atoms with van der Waals surface area (Å²) < 4.78 is 22.4. The zero-order valence-corrected chi connectivity index (χ0v) is 14.5. The van der Waals surface area contributed by atoms with Crippen LogP contribution in [0.15, 0.2) is 53.4 Å². The fourth-order valence-corrected chi connectivity index (χ4v) is 2.94. The van der Waals surface area contributed by atoms with Crippen molar-refractivity contribution in [1.82, 2.24) is 0 Å². The Hall–Kier alpha value is -1.69. The lowest BCUT2D eigenvalue weighted by atomic mass is 10.0. The van der Waals surface area contributed by atoms with E-state index in [-0.39, 0.29) is 4.90 Å². The van der Waals surface area contributed by atoms with Gasteiger partial charge >= 0.3 is 0 Å². The van der Waals surface area contributed by atoms with Crippen LogP contribution in [0.3, 0.4) is 0 Å². The molecule has 2 rings (SSSR count). The molecule has 2 aromatic carbocycles. The Morgan fingerprint density at radius 3 is 2.04 bits per heavy atom. The second kappa shape index (κ2) is 7.73. The van der Waals surface area contributed by atoms with E-state index in [2.05, 4.69) is 43.4 Å². The van der Waals surface area contributed by atoms with Crippen LogP contribution in [0.2, 0.25) is 0 Å². The van der Waals surface area contributed by atoms with Gasteiger partial charge in [0.1, 0.15) is 6.54 Å². The molecule has 0 aliphatic carbocycles. The van der Waals surface area contributed by atoms with Crippen molar-refractivity contribution in [2.75, 3.05) is 6.54 Å². The predicted molar refractivity (Wildman–Crippen MR) is 92.5 cm³/mol. The number of benzene rings is 2. The standard InChI is InChI=1S/C18H24N2O2S/c1-14(2)17-7-3-16(4-8-17)13-20-12-11-15-5-9-18(10-6-15)23(19,21)22/h3-10,14,20H,11-13H2,1-2H3,(H2,19,21,22)/p+1. The third kappa shape index (κ3) is 5.46. The fourth-order valence-electron chi connectivity index (χ4n) is 2.42. The lowest BCUT2D eigenvalue weighted by molar-refractivity contribution is -0.670. The van der Waals surface area contributed by atoms with E-state index in [9.17, 15) is 8.42 Å². The first-order valence-corrected chi connectivity index (χ1v) is 9.43. The summed E-state index contributed by atoms with van der Waals surface area (Å²) in [6.07, 6.45) is 0.898. The van der Waals surface area contributed by atoms with Crippen LogP contribution in [0.5, 0.6) is 0 Å². The van der Waals surface area contributed by atoms with Crippen molar-refractivity contribution in [3.05, 3.63) is 65.2 Å². The van der Waals surface area contributed by atoms with Crippen molar-refractivity contribution < 1.29 is 13.7 Å². The molecular weight excluding hydrogens is 308 g/mol. The monoisotopic (exact) mass is 333 g/mol. The minimum atomic E-state index is -3.60. The van der Waals surface area contributed by atoms with E-state index in [0.29, 0.717) is 5.92 Å². The average molecular weight is 333 g/mol. The molecular formula is C18H25N2O2S+. The largest absolute Gasteiger partial charge is 0.342 e. The van der Waals surface area contributed by atoms with Gasteiger partial charge < -0.3 is 5.32 Å². The highest BCUT2D eigenvalue weighted by Gasteiger charge is 2.07. The topological polar surface area (TPSA) is 76.8 Å². The van der Waals surface area contributed by atoms with Crippen LogP contribution in [0.4, 0.5) is 0 Å². The normalized spacial score (nSPS) is 11.8. The van der Waals surface area contributed by atoms with Crippen LogP contribution in [0.25, 0.3) is 0 Å². The summed E-state index contributed by atoms with van der Waals surface area (Å²) in [5.74, 6) is 0.563. The summed E-state index contributed by atoms with van der Waals surface area (Å²) in [5, 5.41) is 7.35. The summed E-state index contributed by atoms with van der Waals surface area (Å²) in [6.45, 7) is 6.30. The highest BCUT2D eigenvalue weighted by atomic mass is 32.2. The quantitative estimate of drug-likeness (QED) is 0.758. The van der Waals surface area contributed by atoms with Gasteiger partial charge in [0.05, 0.1) is 11.4 Å². The van der Waals surface area contributed by atoms with Crippen LogP contribution in [-0.2, 0) is 23.0 Å². The Morgan fingerprint density at radius 2 is 1.52 bits per heavy atom. The molecule has 0 bridgehead atoms. The van der Waals surface area contributed by atoms with E-state index < -0.39 is 10.0 Å². The number of nitrogens with two attached hydrogens (primary N) is 2. The molecule has 2 aromatic rings.